The molecule has 0 amide bonds. The van der Waals surface area contributed by atoms with Gasteiger partial charge in [0.05, 0.1) is 10.5 Å². The molecule has 0 saturated carbocycles. The van der Waals surface area contributed by atoms with Crippen LogP contribution in [0.25, 0.3) is 10.9 Å². The number of carbonyl (C=O) groups excluding carboxylic acids is 1. The summed E-state index contributed by atoms with van der Waals surface area (Å²) in [6.07, 6.45) is 4.45. The van der Waals surface area contributed by atoms with E-state index in [1.807, 2.05) is 18.2 Å². The Morgan fingerprint density at radius 3 is 2.39 bits per heavy atom. The average Bonchev–Trinajstić information content (AvgIpc) is 2.75. The van der Waals surface area contributed by atoms with Gasteiger partial charge in [0.1, 0.15) is 5.52 Å². The Morgan fingerprint density at radius 2 is 1.64 bits per heavy atom. The summed E-state index contributed by atoms with van der Waals surface area (Å²) < 4.78 is 32.4. The lowest BCUT2D eigenvalue weighted by molar-refractivity contribution is 0.0736. The molecule has 0 unspecified atom stereocenters. The van der Waals surface area contributed by atoms with E-state index >= 15 is 0 Å². The highest BCUT2D eigenvalue weighted by Crippen LogP contribution is 2.25. The second-order valence-electron chi connectivity index (χ2n) is 6.71. The minimum atomic E-state index is -3.52. The quantitative estimate of drug-likeness (QED) is 0.497. The Hall–Kier alpha value is -2.77. The molecule has 1 fully saturated rings. The number of rotatable bonds is 4. The number of piperidine rings is 1. The summed E-state index contributed by atoms with van der Waals surface area (Å²) in [6, 6.07) is 15.0. The van der Waals surface area contributed by atoms with Gasteiger partial charge < -0.3 is 4.74 Å². The van der Waals surface area contributed by atoms with Crippen LogP contribution in [0.15, 0.2) is 65.7 Å². The van der Waals surface area contributed by atoms with Gasteiger partial charge in [-0.3, -0.25) is 4.98 Å². The van der Waals surface area contributed by atoms with Crippen LogP contribution in [0.4, 0.5) is 0 Å². The first-order valence-corrected chi connectivity index (χ1v) is 10.7. The molecule has 0 N–H and O–H groups in total. The molecule has 6 nitrogen and oxygen atoms in total. The monoisotopic (exact) mass is 396 g/mol. The number of hydrogen-bond donors (Lipinski definition) is 0. The Kier molecular flexibility index (Phi) is 5.11. The molecule has 0 bridgehead atoms. The Morgan fingerprint density at radius 1 is 0.929 bits per heavy atom. The lowest BCUT2D eigenvalue weighted by Crippen LogP contribution is -2.35. The normalized spacial score (nSPS) is 15.4. The number of para-hydroxylation sites is 1. The average molecular weight is 396 g/mol. The van der Waals surface area contributed by atoms with Crippen molar-refractivity contribution in [2.45, 2.75) is 24.2 Å². The molecule has 7 heteroatoms. The van der Waals surface area contributed by atoms with Crippen molar-refractivity contribution in [3.63, 3.8) is 0 Å². The predicted octanol–water partition coefficient (Wildman–Crippen LogP) is 3.63. The van der Waals surface area contributed by atoms with Crippen molar-refractivity contribution < 1.29 is 17.9 Å². The molecule has 1 aliphatic heterocycles. The second kappa shape index (κ2) is 7.69. The summed E-state index contributed by atoms with van der Waals surface area (Å²) in [5.74, 6) is -0.187. The van der Waals surface area contributed by atoms with Gasteiger partial charge in [-0.05, 0) is 49.2 Å². The molecule has 2 aromatic carbocycles. The number of carbonyl (C=O) groups is 1. The van der Waals surface area contributed by atoms with Gasteiger partial charge in [0, 0.05) is 24.7 Å². The molecule has 0 spiro atoms. The highest BCUT2D eigenvalue weighted by Gasteiger charge is 2.26. The molecule has 1 aliphatic rings. The lowest BCUT2D eigenvalue weighted by Gasteiger charge is -2.25. The van der Waals surface area contributed by atoms with Crippen LogP contribution >= 0.6 is 0 Å². The van der Waals surface area contributed by atoms with Crippen LogP contribution in [-0.4, -0.2) is 36.8 Å². The van der Waals surface area contributed by atoms with E-state index in [0.29, 0.717) is 24.4 Å². The van der Waals surface area contributed by atoms with Gasteiger partial charge in [-0.1, -0.05) is 24.6 Å². The van der Waals surface area contributed by atoms with Gasteiger partial charge in [-0.25, -0.2) is 13.2 Å². The number of hydrogen-bond acceptors (Lipinski definition) is 5. The third-order valence-corrected chi connectivity index (χ3v) is 6.75. The number of esters is 1. The van der Waals surface area contributed by atoms with E-state index in [9.17, 15) is 13.2 Å². The molecule has 1 saturated heterocycles. The van der Waals surface area contributed by atoms with E-state index in [2.05, 4.69) is 4.98 Å². The lowest BCUT2D eigenvalue weighted by atomic mass is 10.2. The van der Waals surface area contributed by atoms with E-state index in [4.69, 9.17) is 4.74 Å². The highest BCUT2D eigenvalue weighted by molar-refractivity contribution is 7.89. The Balaban J connectivity index is 1.54. The zero-order chi connectivity index (χ0) is 19.6. The van der Waals surface area contributed by atoms with Crippen molar-refractivity contribution in [3.05, 3.63) is 66.4 Å². The minimum Gasteiger partial charge on any atom is -0.421 e. The number of pyridine rings is 1. The third-order valence-electron chi connectivity index (χ3n) is 4.84. The molecule has 0 radical (unpaired) electrons. The first kappa shape index (κ1) is 18.6. The number of fused-ring (bicyclic) bond motifs is 1. The van der Waals surface area contributed by atoms with Gasteiger partial charge in [-0.2, -0.15) is 4.31 Å². The molecule has 0 aliphatic carbocycles. The summed E-state index contributed by atoms with van der Waals surface area (Å²) in [6.45, 7) is 1.08. The van der Waals surface area contributed by atoms with Gasteiger partial charge in [0.2, 0.25) is 10.0 Å². The van der Waals surface area contributed by atoms with E-state index < -0.39 is 16.0 Å². The van der Waals surface area contributed by atoms with Crippen molar-refractivity contribution in [2.24, 2.45) is 0 Å². The van der Waals surface area contributed by atoms with E-state index in [0.717, 1.165) is 24.6 Å². The molecule has 144 valence electrons. The van der Waals surface area contributed by atoms with E-state index in [1.165, 1.54) is 28.6 Å². The summed E-state index contributed by atoms with van der Waals surface area (Å²) >= 11 is 0. The van der Waals surface area contributed by atoms with Crippen LogP contribution in [0.5, 0.6) is 5.75 Å². The van der Waals surface area contributed by atoms with Crippen molar-refractivity contribution in [2.75, 3.05) is 13.1 Å². The number of aromatic nitrogens is 1. The number of benzene rings is 2. The zero-order valence-electron chi connectivity index (χ0n) is 15.2. The van der Waals surface area contributed by atoms with Crippen LogP contribution < -0.4 is 4.74 Å². The molecule has 4 rings (SSSR count). The van der Waals surface area contributed by atoms with Crippen molar-refractivity contribution >= 4 is 26.9 Å². The maximum absolute atomic E-state index is 12.7. The Bertz CT molecular complexity index is 1100. The van der Waals surface area contributed by atoms with Gasteiger partial charge in [0.25, 0.3) is 0 Å². The maximum atomic E-state index is 12.7. The number of nitrogens with zero attached hydrogens (tertiary/aromatic N) is 2. The third kappa shape index (κ3) is 3.63. The van der Waals surface area contributed by atoms with Gasteiger partial charge >= 0.3 is 5.97 Å². The molecular formula is C21H20N2O4S. The van der Waals surface area contributed by atoms with E-state index in [-0.39, 0.29) is 10.5 Å². The van der Waals surface area contributed by atoms with Crippen LogP contribution in [0.2, 0.25) is 0 Å². The molecule has 28 heavy (non-hydrogen) atoms. The second-order valence-corrected chi connectivity index (χ2v) is 8.65. The first-order valence-electron chi connectivity index (χ1n) is 9.22. The van der Waals surface area contributed by atoms with Crippen LogP contribution in [0, 0.1) is 0 Å². The molecular weight excluding hydrogens is 376 g/mol. The molecule has 1 aromatic heterocycles. The maximum Gasteiger partial charge on any atom is 0.343 e. The largest absolute Gasteiger partial charge is 0.421 e. The van der Waals surface area contributed by atoms with E-state index in [1.54, 1.807) is 18.3 Å². The minimum absolute atomic E-state index is 0.192. The SMILES string of the molecule is O=C(Oc1cccc2cccnc12)c1ccc(S(=O)(=O)N2CCCCC2)cc1. The topological polar surface area (TPSA) is 76.6 Å². The standard InChI is InChI=1S/C21H20N2O4S/c24-21(27-19-8-4-6-16-7-5-13-22-20(16)19)17-9-11-18(12-10-17)28(25,26)23-14-2-1-3-15-23/h4-13H,1-3,14-15H2. The zero-order valence-corrected chi connectivity index (χ0v) is 16.1. The summed E-state index contributed by atoms with van der Waals surface area (Å²) in [5.41, 5.74) is 0.883. The summed E-state index contributed by atoms with van der Waals surface area (Å²) in [5, 5.41) is 0.871. The summed E-state index contributed by atoms with van der Waals surface area (Å²) in [7, 11) is -3.52. The molecule has 3 aromatic rings. The van der Waals surface area contributed by atoms with Crippen molar-refractivity contribution in [3.8, 4) is 5.75 Å². The fourth-order valence-corrected chi connectivity index (χ4v) is 4.85. The predicted molar refractivity (Wildman–Crippen MR) is 106 cm³/mol. The van der Waals surface area contributed by atoms with Crippen LogP contribution in [0.3, 0.4) is 0 Å². The summed E-state index contributed by atoms with van der Waals surface area (Å²) in [4.78, 5) is 17.0. The first-order chi connectivity index (χ1) is 13.6. The fourth-order valence-electron chi connectivity index (χ4n) is 3.33. The van der Waals surface area contributed by atoms with Crippen molar-refractivity contribution in [1.82, 2.24) is 9.29 Å². The number of sulfonamides is 1. The Labute approximate surface area is 163 Å². The van der Waals surface area contributed by atoms with Crippen molar-refractivity contribution in [1.29, 1.82) is 0 Å². The van der Waals surface area contributed by atoms with Gasteiger partial charge in [0.15, 0.2) is 5.75 Å². The highest BCUT2D eigenvalue weighted by atomic mass is 32.2. The molecule has 2 heterocycles. The van der Waals surface area contributed by atoms with Crippen LogP contribution in [0.1, 0.15) is 29.6 Å². The molecule has 0 atom stereocenters. The van der Waals surface area contributed by atoms with Gasteiger partial charge in [-0.15, -0.1) is 0 Å². The van der Waals surface area contributed by atoms with Crippen LogP contribution in [-0.2, 0) is 10.0 Å². The fraction of sp³-hybridized carbons (Fsp3) is 0.238. The number of ether oxygens (including phenoxy) is 1. The smallest absolute Gasteiger partial charge is 0.343 e.